The van der Waals surface area contributed by atoms with Crippen molar-refractivity contribution in [3.05, 3.63) is 24.3 Å². The monoisotopic (exact) mass is 440 g/mol. The van der Waals surface area contributed by atoms with Crippen LogP contribution in [0.5, 0.6) is 5.75 Å². The topological polar surface area (TPSA) is 73.9 Å². The van der Waals surface area contributed by atoms with Crippen LogP contribution in [-0.2, 0) is 4.79 Å². The van der Waals surface area contributed by atoms with E-state index in [2.05, 4.69) is 27.7 Å². The third-order valence-corrected chi connectivity index (χ3v) is 8.11. The molecule has 174 valence electrons. The number of ether oxygens (including phenoxy) is 1. The summed E-state index contributed by atoms with van der Waals surface area (Å²) in [5, 5.41) is 6.27. The Kier molecular flexibility index (Phi) is 5.91. The van der Waals surface area contributed by atoms with Crippen LogP contribution in [0.15, 0.2) is 24.3 Å². The number of nitrogens with one attached hydrogen (secondary N) is 2. The minimum atomic E-state index is -0.0934. The fourth-order valence-corrected chi connectivity index (χ4v) is 7.00. The number of carbonyl (C=O) groups is 2. The number of hydrogen-bond acceptors (Lipinski definition) is 4. The van der Waals surface area contributed by atoms with E-state index in [0.29, 0.717) is 26.1 Å². The van der Waals surface area contributed by atoms with E-state index in [-0.39, 0.29) is 17.5 Å². The highest BCUT2D eigenvalue weighted by Crippen LogP contribution is 2.55. The summed E-state index contributed by atoms with van der Waals surface area (Å²) in [6.07, 6.45) is 7.88. The number of piperazine rings is 1. The molecular weight excluding hydrogens is 404 g/mol. The van der Waals surface area contributed by atoms with Crippen molar-refractivity contribution in [1.29, 1.82) is 0 Å². The van der Waals surface area contributed by atoms with E-state index >= 15 is 0 Å². The predicted octanol–water partition coefficient (Wildman–Crippen LogP) is 3.00. The zero-order chi connectivity index (χ0) is 22.1. The van der Waals surface area contributed by atoms with Gasteiger partial charge in [-0.25, -0.2) is 4.79 Å². The van der Waals surface area contributed by atoms with Gasteiger partial charge < -0.3 is 25.2 Å². The Morgan fingerprint density at radius 3 is 2.12 bits per heavy atom. The molecule has 6 rings (SSSR count). The second-order valence-electron chi connectivity index (χ2n) is 10.4. The number of hydrogen-bond donors (Lipinski definition) is 2. The van der Waals surface area contributed by atoms with Gasteiger partial charge in [0.15, 0.2) is 0 Å². The largest absolute Gasteiger partial charge is 0.497 e. The highest BCUT2D eigenvalue weighted by Gasteiger charge is 2.51. The number of nitrogens with zero attached hydrogens (tertiary/aromatic N) is 2. The lowest BCUT2D eigenvalue weighted by Crippen LogP contribution is -2.61. The Morgan fingerprint density at radius 1 is 0.969 bits per heavy atom. The molecule has 1 saturated heterocycles. The first-order valence-electron chi connectivity index (χ1n) is 12.2. The SMILES string of the molecule is COc1ccc(N2CCN(C(=O)CCNC(=O)NC34CC5CC(CC(C5)C3)C4)CC2)cc1. The van der Waals surface area contributed by atoms with Crippen molar-refractivity contribution in [2.45, 2.75) is 50.5 Å². The van der Waals surface area contributed by atoms with Gasteiger partial charge in [-0.05, 0) is 80.5 Å². The average molecular weight is 441 g/mol. The Hall–Kier alpha value is -2.44. The van der Waals surface area contributed by atoms with E-state index in [9.17, 15) is 9.59 Å². The molecule has 4 saturated carbocycles. The van der Waals surface area contributed by atoms with Gasteiger partial charge in [-0.15, -0.1) is 0 Å². The van der Waals surface area contributed by atoms with Crippen LogP contribution in [0, 0.1) is 17.8 Å². The molecule has 0 radical (unpaired) electrons. The molecule has 3 amide bonds. The first-order chi connectivity index (χ1) is 15.5. The molecule has 7 heteroatoms. The summed E-state index contributed by atoms with van der Waals surface area (Å²) in [6.45, 7) is 3.46. The molecule has 1 heterocycles. The number of urea groups is 1. The minimum Gasteiger partial charge on any atom is -0.497 e. The molecule has 4 aliphatic carbocycles. The second kappa shape index (κ2) is 8.83. The smallest absolute Gasteiger partial charge is 0.315 e. The van der Waals surface area contributed by atoms with Crippen molar-refractivity contribution in [2.75, 3.05) is 44.7 Å². The summed E-state index contributed by atoms with van der Waals surface area (Å²) in [5.41, 5.74) is 1.17. The van der Waals surface area contributed by atoms with Crippen molar-refractivity contribution >= 4 is 17.6 Å². The molecule has 7 nitrogen and oxygen atoms in total. The average Bonchev–Trinajstić information content (AvgIpc) is 2.78. The van der Waals surface area contributed by atoms with Crippen LogP contribution in [0.3, 0.4) is 0 Å². The number of anilines is 1. The molecule has 4 bridgehead atoms. The minimum absolute atomic E-state index is 0.0145. The lowest BCUT2D eigenvalue weighted by atomic mass is 9.53. The molecule has 1 aliphatic heterocycles. The Bertz CT molecular complexity index is 797. The standard InChI is InChI=1S/C25H36N4O3/c1-32-22-4-2-21(3-5-22)28-8-10-29(11-9-28)23(30)6-7-26-24(31)27-25-15-18-12-19(16-25)14-20(13-18)17-25/h2-5,18-20H,6-17H2,1H3,(H2,26,27,31). The molecule has 0 atom stereocenters. The summed E-state index contributed by atoms with van der Waals surface area (Å²) >= 11 is 0. The number of carbonyl (C=O) groups excluding carboxylic acids is 2. The van der Waals surface area contributed by atoms with Crippen LogP contribution >= 0.6 is 0 Å². The van der Waals surface area contributed by atoms with Crippen LogP contribution in [0.2, 0.25) is 0 Å². The first-order valence-corrected chi connectivity index (χ1v) is 12.2. The van der Waals surface area contributed by atoms with Crippen molar-refractivity contribution in [3.63, 3.8) is 0 Å². The van der Waals surface area contributed by atoms with Crippen LogP contribution in [0.4, 0.5) is 10.5 Å². The van der Waals surface area contributed by atoms with Crippen molar-refractivity contribution in [1.82, 2.24) is 15.5 Å². The zero-order valence-corrected chi connectivity index (χ0v) is 19.1. The first kappa shape index (κ1) is 21.4. The van der Waals surface area contributed by atoms with Crippen LogP contribution < -0.4 is 20.3 Å². The van der Waals surface area contributed by atoms with E-state index in [4.69, 9.17) is 4.74 Å². The highest BCUT2D eigenvalue weighted by molar-refractivity contribution is 5.79. The van der Waals surface area contributed by atoms with E-state index in [1.54, 1.807) is 7.11 Å². The maximum Gasteiger partial charge on any atom is 0.315 e. The molecule has 1 aromatic carbocycles. The second-order valence-corrected chi connectivity index (χ2v) is 10.4. The normalized spacial score (nSPS) is 30.8. The Balaban J connectivity index is 1.03. The quantitative estimate of drug-likeness (QED) is 0.713. The van der Waals surface area contributed by atoms with Gasteiger partial charge in [0.25, 0.3) is 0 Å². The lowest BCUT2D eigenvalue weighted by Gasteiger charge is -2.56. The lowest BCUT2D eigenvalue weighted by molar-refractivity contribution is -0.131. The van der Waals surface area contributed by atoms with Gasteiger partial charge >= 0.3 is 6.03 Å². The molecule has 2 N–H and O–H groups in total. The molecular formula is C25H36N4O3. The summed E-state index contributed by atoms with van der Waals surface area (Å²) in [5.74, 6) is 3.39. The van der Waals surface area contributed by atoms with Gasteiger partial charge in [-0.1, -0.05) is 0 Å². The third kappa shape index (κ3) is 4.52. The third-order valence-electron chi connectivity index (χ3n) is 8.11. The molecule has 5 fully saturated rings. The molecule has 1 aromatic rings. The number of rotatable bonds is 6. The van der Waals surface area contributed by atoms with Crippen LogP contribution in [0.25, 0.3) is 0 Å². The van der Waals surface area contributed by atoms with E-state index in [1.165, 1.54) is 19.3 Å². The van der Waals surface area contributed by atoms with Crippen molar-refractivity contribution in [3.8, 4) is 5.75 Å². The highest BCUT2D eigenvalue weighted by atomic mass is 16.5. The number of amides is 3. The van der Waals surface area contributed by atoms with Crippen LogP contribution in [0.1, 0.15) is 44.9 Å². The van der Waals surface area contributed by atoms with E-state index in [0.717, 1.165) is 61.5 Å². The van der Waals surface area contributed by atoms with Crippen molar-refractivity contribution in [2.24, 2.45) is 17.8 Å². The van der Waals surface area contributed by atoms with Gasteiger partial charge in [-0.2, -0.15) is 0 Å². The molecule has 0 unspecified atom stereocenters. The van der Waals surface area contributed by atoms with Crippen molar-refractivity contribution < 1.29 is 14.3 Å². The van der Waals surface area contributed by atoms with Gasteiger partial charge in [-0.3, -0.25) is 4.79 Å². The summed E-state index contributed by atoms with van der Waals surface area (Å²) in [6, 6.07) is 7.95. The van der Waals surface area contributed by atoms with Gasteiger partial charge in [0, 0.05) is 50.4 Å². The summed E-state index contributed by atoms with van der Waals surface area (Å²) < 4.78 is 5.22. The summed E-state index contributed by atoms with van der Waals surface area (Å²) in [4.78, 5) is 29.4. The maximum absolute atomic E-state index is 12.6. The van der Waals surface area contributed by atoms with Gasteiger partial charge in [0.05, 0.1) is 7.11 Å². The molecule has 0 aromatic heterocycles. The maximum atomic E-state index is 12.6. The van der Waals surface area contributed by atoms with Gasteiger partial charge in [0.2, 0.25) is 5.91 Å². The molecule has 32 heavy (non-hydrogen) atoms. The van der Waals surface area contributed by atoms with E-state index < -0.39 is 0 Å². The fourth-order valence-electron chi connectivity index (χ4n) is 7.00. The molecule has 5 aliphatic rings. The Labute approximate surface area is 190 Å². The predicted molar refractivity (Wildman–Crippen MR) is 124 cm³/mol. The zero-order valence-electron chi connectivity index (χ0n) is 19.1. The molecule has 0 spiro atoms. The number of methoxy groups -OCH3 is 1. The van der Waals surface area contributed by atoms with Gasteiger partial charge in [0.1, 0.15) is 5.75 Å². The van der Waals surface area contributed by atoms with Crippen LogP contribution in [-0.4, -0.2) is 62.2 Å². The number of benzene rings is 1. The Morgan fingerprint density at radius 2 is 1.56 bits per heavy atom. The van der Waals surface area contributed by atoms with E-state index in [1.807, 2.05) is 17.0 Å². The fraction of sp³-hybridized carbons (Fsp3) is 0.680. The summed E-state index contributed by atoms with van der Waals surface area (Å²) in [7, 11) is 1.67.